The van der Waals surface area contributed by atoms with Crippen LogP contribution in [0.15, 0.2) is 18.2 Å². The minimum Gasteiger partial charge on any atom is -0.487 e. The van der Waals surface area contributed by atoms with E-state index in [9.17, 15) is 29.1 Å². The second kappa shape index (κ2) is 10.2. The van der Waals surface area contributed by atoms with Gasteiger partial charge >= 0.3 is 13.3 Å². The number of aldehydes is 1. The lowest BCUT2D eigenvalue weighted by Gasteiger charge is -2.28. The molecule has 0 aliphatic carbocycles. The van der Waals surface area contributed by atoms with Crippen molar-refractivity contribution in [2.45, 2.75) is 17.9 Å². The topological polar surface area (TPSA) is 188 Å². The number of aliphatic hydroxyl groups is 1. The minimum absolute atomic E-state index is 0.0485. The van der Waals surface area contributed by atoms with Crippen LogP contribution >= 0.6 is 15.6 Å². The van der Waals surface area contributed by atoms with Gasteiger partial charge in [-0.1, -0.05) is 0 Å². The van der Waals surface area contributed by atoms with Crippen LogP contribution in [-0.2, 0) is 9.13 Å². The van der Waals surface area contributed by atoms with Crippen molar-refractivity contribution in [2.24, 2.45) is 0 Å². The first-order valence-corrected chi connectivity index (χ1v) is 11.0. The molecule has 0 heterocycles. The molecule has 0 aromatic heterocycles. The van der Waals surface area contributed by atoms with Gasteiger partial charge in [0.25, 0.3) is 0 Å². The van der Waals surface area contributed by atoms with E-state index in [1.165, 1.54) is 12.1 Å². The smallest absolute Gasteiger partial charge is 0.366 e. The molecule has 0 aliphatic rings. The zero-order valence-corrected chi connectivity index (χ0v) is 16.8. The van der Waals surface area contributed by atoms with Gasteiger partial charge in [0.1, 0.15) is 6.29 Å². The van der Waals surface area contributed by atoms with Crippen molar-refractivity contribution in [3.63, 3.8) is 0 Å². The molecule has 0 spiro atoms. The van der Waals surface area contributed by atoms with Crippen molar-refractivity contribution in [1.82, 2.24) is 4.90 Å². The molecule has 14 heteroatoms. The van der Waals surface area contributed by atoms with E-state index in [0.717, 1.165) is 6.07 Å². The van der Waals surface area contributed by atoms with Crippen LogP contribution in [0, 0.1) is 10.1 Å². The fourth-order valence-corrected chi connectivity index (χ4v) is 3.94. The van der Waals surface area contributed by atoms with Crippen LogP contribution < -0.4 is 4.74 Å². The van der Waals surface area contributed by atoms with Crippen molar-refractivity contribution >= 4 is 27.6 Å². The maximum absolute atomic E-state index is 11.3. The molecule has 0 fully saturated rings. The Morgan fingerprint density at radius 2 is 2.04 bits per heavy atom. The molecule has 0 amide bonds. The molecule has 28 heavy (non-hydrogen) atoms. The fraction of sp³-hybridized carbons (Fsp3) is 0.500. The highest BCUT2D eigenvalue weighted by Crippen LogP contribution is 2.61. The van der Waals surface area contributed by atoms with E-state index in [1.807, 2.05) is 0 Å². The van der Waals surface area contributed by atoms with E-state index < -0.39 is 32.1 Å². The number of nitro groups is 1. The van der Waals surface area contributed by atoms with Gasteiger partial charge in [-0.2, -0.15) is 0 Å². The monoisotopic (exact) mass is 440 g/mol. The summed E-state index contributed by atoms with van der Waals surface area (Å²) in [6.45, 7) is 0.275. The number of carbonyl (C=O) groups is 1. The standard InChI is InChI=1S/C14H22N2O10P2/c1-15(7-5-14(18,27(21)22)28(23,24)25)6-2-8-26-13-9-11(10-17)3-4-12(13)16(19)20/h3-4,9-10,18,27H,2,5-8H2,1H3,(H,21,22)(H2,23,24,25). The fourth-order valence-electron chi connectivity index (χ4n) is 2.22. The Kier molecular flexibility index (Phi) is 8.90. The Morgan fingerprint density at radius 3 is 2.54 bits per heavy atom. The number of nitrogens with zero attached hydrogens (tertiary/aromatic N) is 2. The van der Waals surface area contributed by atoms with Crippen LogP contribution in [0.25, 0.3) is 0 Å². The van der Waals surface area contributed by atoms with Gasteiger partial charge in [0.15, 0.2) is 5.75 Å². The van der Waals surface area contributed by atoms with Crippen molar-refractivity contribution in [3.8, 4) is 5.75 Å². The van der Waals surface area contributed by atoms with Gasteiger partial charge in [0, 0.05) is 31.1 Å². The Hall–Kier alpha value is -1.65. The largest absolute Gasteiger partial charge is 0.487 e. The molecule has 158 valence electrons. The molecular formula is C14H22N2O10P2. The first-order valence-electron chi connectivity index (χ1n) is 7.98. The van der Waals surface area contributed by atoms with Crippen LogP contribution in [0.3, 0.4) is 0 Å². The molecule has 0 bridgehead atoms. The van der Waals surface area contributed by atoms with Gasteiger partial charge in [-0.05, 0) is 25.6 Å². The van der Waals surface area contributed by atoms with Gasteiger partial charge in [-0.3, -0.25) is 24.0 Å². The predicted molar refractivity (Wildman–Crippen MR) is 98.9 cm³/mol. The summed E-state index contributed by atoms with van der Waals surface area (Å²) in [5, 5.41) is 17.8. The number of nitro benzene ring substituents is 1. The molecule has 0 aliphatic heterocycles. The Labute approximate surface area is 160 Å². The predicted octanol–water partition coefficient (Wildman–Crippen LogP) is 0.789. The van der Waals surface area contributed by atoms with E-state index in [0.29, 0.717) is 19.3 Å². The molecule has 12 nitrogen and oxygen atoms in total. The van der Waals surface area contributed by atoms with Crippen molar-refractivity contribution in [2.75, 3.05) is 26.7 Å². The van der Waals surface area contributed by atoms with E-state index in [-0.39, 0.29) is 30.2 Å². The summed E-state index contributed by atoms with van der Waals surface area (Å²) in [5.41, 5.74) is -0.0765. The summed E-state index contributed by atoms with van der Waals surface area (Å²) in [4.78, 5) is 49.9. The SMILES string of the molecule is CN(CCCOc1cc(C=O)ccc1[N+](=O)[O-])CCC(O)([PH](=O)O)P(=O)(O)O. The Bertz CT molecular complexity index is 783. The van der Waals surface area contributed by atoms with Crippen LogP contribution in [0.2, 0.25) is 0 Å². The number of ether oxygens (including phenoxy) is 1. The van der Waals surface area contributed by atoms with Crippen LogP contribution in [0.5, 0.6) is 5.75 Å². The first-order chi connectivity index (χ1) is 12.9. The number of hydrogen-bond acceptors (Lipinski definition) is 8. The molecule has 1 aromatic carbocycles. The van der Waals surface area contributed by atoms with E-state index in [2.05, 4.69) is 0 Å². The Balaban J connectivity index is 2.57. The van der Waals surface area contributed by atoms with Crippen molar-refractivity contribution in [3.05, 3.63) is 33.9 Å². The average molecular weight is 440 g/mol. The molecule has 0 radical (unpaired) electrons. The number of benzene rings is 1. The highest BCUT2D eigenvalue weighted by atomic mass is 31.2. The molecule has 2 atom stereocenters. The zero-order chi connectivity index (χ0) is 21.5. The normalized spacial score (nSPS) is 15.1. The summed E-state index contributed by atoms with van der Waals surface area (Å²) < 4.78 is 27.8. The first kappa shape index (κ1) is 24.4. The zero-order valence-electron chi connectivity index (χ0n) is 14.9. The summed E-state index contributed by atoms with van der Waals surface area (Å²) in [7, 11) is -7.55. The lowest BCUT2D eigenvalue weighted by Crippen LogP contribution is -2.31. The van der Waals surface area contributed by atoms with Gasteiger partial charge < -0.3 is 29.4 Å². The maximum atomic E-state index is 11.3. The molecule has 2 unspecified atom stereocenters. The van der Waals surface area contributed by atoms with Gasteiger partial charge in [-0.25, -0.2) is 0 Å². The molecule has 0 saturated heterocycles. The van der Waals surface area contributed by atoms with Crippen molar-refractivity contribution in [1.29, 1.82) is 0 Å². The van der Waals surface area contributed by atoms with E-state index in [4.69, 9.17) is 19.4 Å². The summed E-state index contributed by atoms with van der Waals surface area (Å²) in [6.07, 6.45) is 0.261. The van der Waals surface area contributed by atoms with E-state index >= 15 is 0 Å². The van der Waals surface area contributed by atoms with Gasteiger partial charge in [0.2, 0.25) is 13.1 Å². The maximum Gasteiger partial charge on any atom is 0.366 e. The second-order valence-corrected chi connectivity index (χ2v) is 9.71. The van der Waals surface area contributed by atoms with E-state index in [1.54, 1.807) is 11.9 Å². The summed E-state index contributed by atoms with van der Waals surface area (Å²) in [6, 6.07) is 3.69. The molecule has 1 rings (SSSR count). The van der Waals surface area contributed by atoms with Crippen LogP contribution in [0.4, 0.5) is 5.69 Å². The lowest BCUT2D eigenvalue weighted by molar-refractivity contribution is -0.385. The molecular weight excluding hydrogens is 418 g/mol. The number of hydrogen-bond donors (Lipinski definition) is 4. The third-order valence-corrected chi connectivity index (χ3v) is 7.50. The van der Waals surface area contributed by atoms with Crippen molar-refractivity contribution < 1.29 is 43.4 Å². The summed E-state index contributed by atoms with van der Waals surface area (Å²) in [5.74, 6) is -0.0630. The quantitative estimate of drug-likeness (QED) is 0.118. The number of rotatable bonds is 12. The van der Waals surface area contributed by atoms with Gasteiger partial charge in [0.05, 0.1) is 11.5 Å². The second-order valence-electron chi connectivity index (χ2n) is 6.02. The van der Waals surface area contributed by atoms with Crippen LogP contribution in [0.1, 0.15) is 23.2 Å². The average Bonchev–Trinajstić information content (AvgIpc) is 2.61. The third kappa shape index (κ3) is 6.46. The molecule has 1 aromatic rings. The number of carbonyl (C=O) groups excluding carboxylic acids is 1. The minimum atomic E-state index is -5.20. The highest BCUT2D eigenvalue weighted by Gasteiger charge is 2.50. The molecule has 4 N–H and O–H groups in total. The third-order valence-electron chi connectivity index (χ3n) is 3.92. The molecule has 0 saturated carbocycles. The van der Waals surface area contributed by atoms with Gasteiger partial charge in [-0.15, -0.1) is 0 Å². The van der Waals surface area contributed by atoms with Crippen LogP contribution in [-0.4, -0.2) is 67.7 Å². The lowest BCUT2D eigenvalue weighted by atomic mass is 10.2. The Morgan fingerprint density at radius 1 is 1.39 bits per heavy atom. The highest BCUT2D eigenvalue weighted by molar-refractivity contribution is 7.66. The summed E-state index contributed by atoms with van der Waals surface area (Å²) >= 11 is 0.